The number of amides is 1. The van der Waals surface area contributed by atoms with E-state index >= 15 is 0 Å². The van der Waals surface area contributed by atoms with E-state index in [1.807, 2.05) is 6.92 Å². The number of likely N-dealkylation sites (tertiary alicyclic amines) is 1. The number of halogens is 2. The molecule has 0 radical (unpaired) electrons. The summed E-state index contributed by atoms with van der Waals surface area (Å²) in [5, 5.41) is 3.28. The molecule has 4 rings (SSSR count). The molecule has 2 aromatic heterocycles. The van der Waals surface area contributed by atoms with Crippen molar-refractivity contribution >= 4 is 33.9 Å². The summed E-state index contributed by atoms with van der Waals surface area (Å²) >= 11 is 2.59. The summed E-state index contributed by atoms with van der Waals surface area (Å²) < 4.78 is 33.7. The second kappa shape index (κ2) is 9.15. The topological polar surface area (TPSA) is 67.3 Å². The van der Waals surface area contributed by atoms with Gasteiger partial charge >= 0.3 is 6.61 Å². The van der Waals surface area contributed by atoms with Gasteiger partial charge < -0.3 is 4.74 Å². The number of anilines is 1. The normalized spacial score (nSPS) is 14.4. The molecule has 10 heteroatoms. The predicted octanol–water partition coefficient (Wildman–Crippen LogP) is 5.02. The van der Waals surface area contributed by atoms with Crippen LogP contribution in [-0.2, 0) is 6.54 Å². The molecule has 1 aliphatic heterocycles. The van der Waals surface area contributed by atoms with Gasteiger partial charge in [0.2, 0.25) is 5.13 Å². The number of hydrogen-bond acceptors (Lipinski definition) is 7. The van der Waals surface area contributed by atoms with Gasteiger partial charge in [0.1, 0.15) is 5.75 Å². The third-order valence-corrected chi connectivity index (χ3v) is 6.53. The van der Waals surface area contributed by atoms with Gasteiger partial charge in [-0.15, -0.1) is 11.3 Å². The number of nitrogens with zero attached hydrogens (tertiary/aromatic N) is 3. The number of alkyl halides is 2. The zero-order chi connectivity index (χ0) is 21.1. The van der Waals surface area contributed by atoms with Gasteiger partial charge in [0.25, 0.3) is 5.91 Å². The van der Waals surface area contributed by atoms with Gasteiger partial charge in [-0.1, -0.05) is 12.1 Å². The number of rotatable bonds is 7. The van der Waals surface area contributed by atoms with Crippen molar-refractivity contribution in [3.8, 4) is 16.2 Å². The Morgan fingerprint density at radius 1 is 1.30 bits per heavy atom. The Labute approximate surface area is 180 Å². The zero-order valence-electron chi connectivity index (χ0n) is 16.2. The monoisotopic (exact) mass is 450 g/mol. The van der Waals surface area contributed by atoms with E-state index in [1.165, 1.54) is 47.8 Å². The molecular weight excluding hydrogens is 430 g/mol. The molecule has 0 bridgehead atoms. The molecule has 1 fully saturated rings. The summed E-state index contributed by atoms with van der Waals surface area (Å²) in [6.07, 6.45) is 2.40. The van der Waals surface area contributed by atoms with Crippen LogP contribution in [0.1, 0.15) is 33.9 Å². The second-order valence-electron chi connectivity index (χ2n) is 6.94. The molecule has 1 aliphatic rings. The molecule has 1 amide bonds. The molecule has 158 valence electrons. The molecule has 0 saturated carbocycles. The van der Waals surface area contributed by atoms with Gasteiger partial charge in [-0.05, 0) is 56.6 Å². The van der Waals surface area contributed by atoms with Crippen molar-refractivity contribution < 1.29 is 18.3 Å². The van der Waals surface area contributed by atoms with Crippen LogP contribution >= 0.6 is 22.9 Å². The first-order valence-electron chi connectivity index (χ1n) is 9.50. The quantitative estimate of drug-likeness (QED) is 0.547. The van der Waals surface area contributed by atoms with Crippen molar-refractivity contribution in [1.29, 1.82) is 0 Å². The summed E-state index contributed by atoms with van der Waals surface area (Å²) in [6.45, 7) is 1.78. The number of hydrogen-bond donors (Lipinski definition) is 1. The number of carbonyl (C=O) groups excluding carboxylic acids is 1. The number of ether oxygens (including phenoxy) is 1. The zero-order valence-corrected chi connectivity index (χ0v) is 17.9. The lowest BCUT2D eigenvalue weighted by atomic mass is 10.1. The lowest BCUT2D eigenvalue weighted by Gasteiger charge is -2.10. The van der Waals surface area contributed by atoms with Crippen molar-refractivity contribution in [2.45, 2.75) is 32.9 Å². The smallest absolute Gasteiger partial charge is 0.387 e. The van der Waals surface area contributed by atoms with Crippen LogP contribution in [0.4, 0.5) is 13.9 Å². The molecule has 0 atom stereocenters. The number of aryl methyl sites for hydroxylation is 1. The predicted molar refractivity (Wildman–Crippen MR) is 113 cm³/mol. The molecule has 1 N–H and O–H groups in total. The number of nitrogens with one attached hydrogen (secondary N) is 1. The first-order valence-corrected chi connectivity index (χ1v) is 11.1. The Bertz CT molecular complexity index is 1030. The van der Waals surface area contributed by atoms with Crippen molar-refractivity contribution in [1.82, 2.24) is 14.3 Å². The van der Waals surface area contributed by atoms with Crippen LogP contribution in [0.15, 0.2) is 30.3 Å². The molecule has 0 unspecified atom stereocenters. The molecular formula is C20H20F2N4O2S2. The maximum absolute atomic E-state index is 12.7. The molecule has 0 aliphatic carbocycles. The first-order chi connectivity index (χ1) is 14.5. The summed E-state index contributed by atoms with van der Waals surface area (Å²) in [7, 11) is 0. The fourth-order valence-electron chi connectivity index (χ4n) is 3.35. The van der Waals surface area contributed by atoms with Gasteiger partial charge in [-0.25, -0.2) is 4.98 Å². The standard InChI is InChI=1S/C20H20F2N4O2S2/c1-12-15(10-16(29-12)13-5-4-6-14(9-13)28-19(21)22)18(27)24-20-23-17(25-30-20)11-26-7-2-3-8-26/h4-6,9-10,19H,2-3,7-8,11H2,1H3,(H,23,24,25,27). The lowest BCUT2D eigenvalue weighted by molar-refractivity contribution is -0.0498. The number of aromatic nitrogens is 2. The van der Waals surface area contributed by atoms with E-state index in [0.29, 0.717) is 22.8 Å². The summed E-state index contributed by atoms with van der Waals surface area (Å²) in [4.78, 5) is 21.1. The minimum Gasteiger partial charge on any atom is -0.435 e. The molecule has 3 aromatic rings. The van der Waals surface area contributed by atoms with Crippen molar-refractivity contribution in [3.63, 3.8) is 0 Å². The third kappa shape index (κ3) is 5.00. The minimum absolute atomic E-state index is 0.0824. The van der Waals surface area contributed by atoms with Crippen LogP contribution in [0, 0.1) is 6.92 Å². The molecule has 1 aromatic carbocycles. The van der Waals surface area contributed by atoms with Crippen LogP contribution in [-0.4, -0.2) is 39.9 Å². The largest absolute Gasteiger partial charge is 0.435 e. The van der Waals surface area contributed by atoms with Crippen LogP contribution in [0.25, 0.3) is 10.4 Å². The SMILES string of the molecule is Cc1sc(-c2cccc(OC(F)F)c2)cc1C(=O)Nc1nc(CN2CCCC2)ns1. The summed E-state index contributed by atoms with van der Waals surface area (Å²) in [5.74, 6) is 0.536. The first kappa shape index (κ1) is 20.8. The maximum Gasteiger partial charge on any atom is 0.387 e. The summed E-state index contributed by atoms with van der Waals surface area (Å²) in [6, 6.07) is 8.20. The Morgan fingerprint density at radius 3 is 2.87 bits per heavy atom. The highest BCUT2D eigenvalue weighted by Gasteiger charge is 2.18. The van der Waals surface area contributed by atoms with E-state index in [4.69, 9.17) is 0 Å². The van der Waals surface area contributed by atoms with Crippen LogP contribution in [0.5, 0.6) is 5.75 Å². The highest BCUT2D eigenvalue weighted by molar-refractivity contribution is 7.15. The van der Waals surface area contributed by atoms with Crippen molar-refractivity contribution in [3.05, 3.63) is 46.6 Å². The number of benzene rings is 1. The van der Waals surface area contributed by atoms with Crippen LogP contribution < -0.4 is 10.1 Å². The molecule has 6 nitrogen and oxygen atoms in total. The van der Waals surface area contributed by atoms with Crippen molar-refractivity contribution in [2.75, 3.05) is 18.4 Å². The van der Waals surface area contributed by atoms with Gasteiger partial charge in [0.15, 0.2) is 5.82 Å². The fraction of sp³-hybridized carbons (Fsp3) is 0.350. The Kier molecular flexibility index (Phi) is 6.35. The van der Waals surface area contributed by atoms with E-state index in [2.05, 4.69) is 24.3 Å². The Hall–Kier alpha value is -2.43. The maximum atomic E-state index is 12.7. The van der Waals surface area contributed by atoms with Crippen molar-refractivity contribution in [2.24, 2.45) is 0 Å². The van der Waals surface area contributed by atoms with E-state index in [9.17, 15) is 13.6 Å². The molecule has 3 heterocycles. The average molecular weight is 451 g/mol. The van der Waals surface area contributed by atoms with Crippen LogP contribution in [0.2, 0.25) is 0 Å². The third-order valence-electron chi connectivity index (χ3n) is 4.76. The number of thiophene rings is 1. The molecule has 1 saturated heterocycles. The van der Waals surface area contributed by atoms with E-state index in [1.54, 1.807) is 18.2 Å². The van der Waals surface area contributed by atoms with Crippen LogP contribution in [0.3, 0.4) is 0 Å². The van der Waals surface area contributed by atoms with Gasteiger partial charge in [0, 0.05) is 21.3 Å². The van der Waals surface area contributed by atoms with E-state index in [0.717, 1.165) is 28.7 Å². The lowest BCUT2D eigenvalue weighted by Crippen LogP contribution is -2.19. The second-order valence-corrected chi connectivity index (χ2v) is 8.95. The van der Waals surface area contributed by atoms with Gasteiger partial charge in [-0.3, -0.25) is 15.0 Å². The highest BCUT2D eigenvalue weighted by atomic mass is 32.1. The number of carbonyl (C=O) groups is 1. The Morgan fingerprint density at radius 2 is 2.10 bits per heavy atom. The van der Waals surface area contributed by atoms with Gasteiger partial charge in [-0.2, -0.15) is 13.2 Å². The highest BCUT2D eigenvalue weighted by Crippen LogP contribution is 2.33. The molecule has 0 spiro atoms. The van der Waals surface area contributed by atoms with E-state index in [-0.39, 0.29) is 11.7 Å². The molecule has 30 heavy (non-hydrogen) atoms. The fourth-order valence-corrected chi connectivity index (χ4v) is 4.94. The Balaban J connectivity index is 1.45. The summed E-state index contributed by atoms with van der Waals surface area (Å²) in [5.41, 5.74) is 1.23. The average Bonchev–Trinajstić information content (AvgIpc) is 3.44. The van der Waals surface area contributed by atoms with E-state index < -0.39 is 6.61 Å². The minimum atomic E-state index is -2.88. The van der Waals surface area contributed by atoms with Gasteiger partial charge in [0.05, 0.1) is 12.1 Å².